The van der Waals surface area contributed by atoms with Crippen molar-refractivity contribution in [1.82, 2.24) is 20.5 Å². The number of hydrogen-bond donors (Lipinski definition) is 2. The molecule has 0 unspecified atom stereocenters. The lowest BCUT2D eigenvalue weighted by Gasteiger charge is -2.26. The van der Waals surface area contributed by atoms with Crippen molar-refractivity contribution in [1.29, 1.82) is 0 Å². The fraction of sp³-hybridized carbons (Fsp3) is 0.556. The molecule has 25 heavy (non-hydrogen) atoms. The standard InChI is InChI=1S/C18H27N5S2/c1-3-19-18(20-7-4-17-22-12-14(2)25-17)21-8-10-23-9-5-16-15(13-23)6-11-24-16/h6,11-12H,3-5,7-10,13H2,1-2H3,(H2,19,20,21). The quantitative estimate of drug-likeness (QED) is 0.575. The van der Waals surface area contributed by atoms with Crippen LogP contribution < -0.4 is 10.6 Å². The zero-order chi connectivity index (χ0) is 17.5. The summed E-state index contributed by atoms with van der Waals surface area (Å²) in [6, 6.07) is 2.27. The number of fused-ring (bicyclic) bond motifs is 1. The van der Waals surface area contributed by atoms with E-state index < -0.39 is 0 Å². The molecular weight excluding hydrogens is 350 g/mol. The van der Waals surface area contributed by atoms with E-state index >= 15 is 0 Å². The van der Waals surface area contributed by atoms with E-state index in [4.69, 9.17) is 4.99 Å². The summed E-state index contributed by atoms with van der Waals surface area (Å²) < 4.78 is 0. The minimum absolute atomic E-state index is 0.825. The van der Waals surface area contributed by atoms with Gasteiger partial charge in [0.1, 0.15) is 0 Å². The van der Waals surface area contributed by atoms with Crippen molar-refractivity contribution in [3.63, 3.8) is 0 Å². The predicted molar refractivity (Wildman–Crippen MR) is 108 cm³/mol. The molecule has 7 heteroatoms. The van der Waals surface area contributed by atoms with Crippen molar-refractivity contribution >= 4 is 28.6 Å². The van der Waals surface area contributed by atoms with Gasteiger partial charge in [0.25, 0.3) is 0 Å². The van der Waals surface area contributed by atoms with Crippen LogP contribution in [0.3, 0.4) is 0 Å². The predicted octanol–water partition coefficient (Wildman–Crippen LogP) is 2.67. The Balaban J connectivity index is 1.42. The second-order valence-electron chi connectivity index (χ2n) is 6.20. The monoisotopic (exact) mass is 377 g/mol. The normalized spacial score (nSPS) is 15.2. The molecule has 2 N–H and O–H groups in total. The Morgan fingerprint density at radius 3 is 3.12 bits per heavy atom. The number of guanidine groups is 1. The summed E-state index contributed by atoms with van der Waals surface area (Å²) in [7, 11) is 0. The molecular formula is C18H27N5S2. The third-order valence-corrected chi connectivity index (χ3v) is 6.21. The van der Waals surface area contributed by atoms with Gasteiger partial charge in [0.15, 0.2) is 5.96 Å². The summed E-state index contributed by atoms with van der Waals surface area (Å²) in [6.07, 6.45) is 4.06. The van der Waals surface area contributed by atoms with Gasteiger partial charge in [-0.3, -0.25) is 9.89 Å². The van der Waals surface area contributed by atoms with Gasteiger partial charge in [-0.2, -0.15) is 0 Å². The number of rotatable bonds is 7. The lowest BCUT2D eigenvalue weighted by Crippen LogP contribution is -2.39. The number of nitrogens with one attached hydrogen (secondary N) is 2. The Hall–Kier alpha value is -1.44. The van der Waals surface area contributed by atoms with Gasteiger partial charge in [-0.05, 0) is 37.3 Å². The highest BCUT2D eigenvalue weighted by molar-refractivity contribution is 7.11. The number of thiazole rings is 1. The first-order valence-corrected chi connectivity index (χ1v) is 10.7. The average molecular weight is 378 g/mol. The SMILES string of the molecule is CCNC(=NCCN1CCc2sccc2C1)NCCc1ncc(C)s1. The van der Waals surface area contributed by atoms with Crippen LogP contribution in [0.4, 0.5) is 0 Å². The Bertz CT molecular complexity index is 691. The third kappa shape index (κ3) is 5.52. The van der Waals surface area contributed by atoms with Crippen LogP contribution in [0.5, 0.6) is 0 Å². The summed E-state index contributed by atoms with van der Waals surface area (Å²) in [6.45, 7) is 10.00. The van der Waals surface area contributed by atoms with Crippen LogP contribution in [0, 0.1) is 6.92 Å². The summed E-state index contributed by atoms with van der Waals surface area (Å²) in [4.78, 5) is 14.5. The molecule has 0 saturated heterocycles. The van der Waals surface area contributed by atoms with Gasteiger partial charge in [0, 0.05) is 55.1 Å². The summed E-state index contributed by atoms with van der Waals surface area (Å²) in [5.41, 5.74) is 1.50. The Kier molecular flexibility index (Phi) is 6.84. The van der Waals surface area contributed by atoms with E-state index in [1.165, 1.54) is 21.9 Å². The first kappa shape index (κ1) is 18.4. The Morgan fingerprint density at radius 1 is 1.40 bits per heavy atom. The van der Waals surface area contributed by atoms with Crippen molar-refractivity contribution in [3.05, 3.63) is 38.0 Å². The average Bonchev–Trinajstić information content (AvgIpc) is 3.23. The molecule has 2 aromatic rings. The maximum Gasteiger partial charge on any atom is 0.191 e. The molecule has 1 aliphatic rings. The van der Waals surface area contributed by atoms with Crippen molar-refractivity contribution in [2.75, 3.05) is 32.7 Å². The minimum Gasteiger partial charge on any atom is -0.357 e. The maximum atomic E-state index is 4.73. The molecule has 3 rings (SSSR count). The fourth-order valence-corrected chi connectivity index (χ4v) is 4.62. The molecule has 0 aromatic carbocycles. The van der Waals surface area contributed by atoms with Crippen molar-refractivity contribution in [3.8, 4) is 0 Å². The van der Waals surface area contributed by atoms with Crippen LogP contribution in [-0.2, 0) is 19.4 Å². The zero-order valence-electron chi connectivity index (χ0n) is 15.0. The van der Waals surface area contributed by atoms with E-state index in [0.717, 1.165) is 51.6 Å². The summed E-state index contributed by atoms with van der Waals surface area (Å²) >= 11 is 3.66. The molecule has 0 radical (unpaired) electrons. The van der Waals surface area contributed by atoms with Gasteiger partial charge < -0.3 is 10.6 Å². The second kappa shape index (κ2) is 9.31. The van der Waals surface area contributed by atoms with Crippen LogP contribution in [0.25, 0.3) is 0 Å². The summed E-state index contributed by atoms with van der Waals surface area (Å²) in [5.74, 6) is 0.906. The van der Waals surface area contributed by atoms with Crippen LogP contribution in [-0.4, -0.2) is 48.6 Å². The highest BCUT2D eigenvalue weighted by Crippen LogP contribution is 2.23. The lowest BCUT2D eigenvalue weighted by molar-refractivity contribution is 0.263. The molecule has 0 fully saturated rings. The van der Waals surface area contributed by atoms with Crippen molar-refractivity contribution < 1.29 is 0 Å². The number of hydrogen-bond acceptors (Lipinski definition) is 5. The third-order valence-electron chi connectivity index (χ3n) is 4.22. The molecule has 0 atom stereocenters. The van der Waals surface area contributed by atoms with E-state index in [2.05, 4.69) is 45.8 Å². The molecule has 0 saturated carbocycles. The van der Waals surface area contributed by atoms with E-state index in [-0.39, 0.29) is 0 Å². The highest BCUT2D eigenvalue weighted by Gasteiger charge is 2.16. The number of aromatic nitrogens is 1. The van der Waals surface area contributed by atoms with Gasteiger partial charge in [-0.1, -0.05) is 0 Å². The Morgan fingerprint density at radius 2 is 2.32 bits per heavy atom. The minimum atomic E-state index is 0.825. The Labute approximate surface area is 158 Å². The molecule has 136 valence electrons. The second-order valence-corrected chi connectivity index (χ2v) is 8.52. The number of nitrogens with zero attached hydrogens (tertiary/aromatic N) is 3. The maximum absolute atomic E-state index is 4.73. The highest BCUT2D eigenvalue weighted by atomic mass is 32.1. The van der Waals surface area contributed by atoms with Gasteiger partial charge in [-0.15, -0.1) is 22.7 Å². The fourth-order valence-electron chi connectivity index (χ4n) is 2.95. The zero-order valence-corrected chi connectivity index (χ0v) is 16.7. The smallest absolute Gasteiger partial charge is 0.191 e. The molecule has 0 amide bonds. The molecule has 1 aliphatic heterocycles. The number of thiophene rings is 1. The van der Waals surface area contributed by atoms with Crippen LogP contribution in [0.1, 0.15) is 27.2 Å². The molecule has 0 spiro atoms. The molecule has 0 bridgehead atoms. The van der Waals surface area contributed by atoms with Crippen molar-refractivity contribution in [2.45, 2.75) is 33.2 Å². The van der Waals surface area contributed by atoms with Gasteiger partial charge in [-0.25, -0.2) is 4.98 Å². The lowest BCUT2D eigenvalue weighted by atomic mass is 10.1. The van der Waals surface area contributed by atoms with E-state index in [1.54, 1.807) is 16.2 Å². The molecule has 5 nitrogen and oxygen atoms in total. The van der Waals surface area contributed by atoms with Gasteiger partial charge in [0.05, 0.1) is 11.6 Å². The summed E-state index contributed by atoms with van der Waals surface area (Å²) in [5, 5.41) is 10.1. The van der Waals surface area contributed by atoms with Gasteiger partial charge >= 0.3 is 0 Å². The first-order valence-electron chi connectivity index (χ1n) is 8.95. The van der Waals surface area contributed by atoms with E-state index in [1.807, 2.05) is 17.5 Å². The topological polar surface area (TPSA) is 52.6 Å². The largest absolute Gasteiger partial charge is 0.357 e. The first-order chi connectivity index (χ1) is 12.2. The molecule has 2 aromatic heterocycles. The van der Waals surface area contributed by atoms with Crippen LogP contribution >= 0.6 is 22.7 Å². The number of aryl methyl sites for hydroxylation is 1. The number of aliphatic imine (C=N–C) groups is 1. The molecule has 3 heterocycles. The van der Waals surface area contributed by atoms with Crippen LogP contribution in [0.15, 0.2) is 22.6 Å². The van der Waals surface area contributed by atoms with Crippen molar-refractivity contribution in [2.24, 2.45) is 4.99 Å². The van der Waals surface area contributed by atoms with E-state index in [0.29, 0.717) is 0 Å². The van der Waals surface area contributed by atoms with Crippen LogP contribution in [0.2, 0.25) is 0 Å². The van der Waals surface area contributed by atoms with Gasteiger partial charge in [0.2, 0.25) is 0 Å². The van der Waals surface area contributed by atoms with E-state index in [9.17, 15) is 0 Å². The molecule has 0 aliphatic carbocycles.